The lowest BCUT2D eigenvalue weighted by Crippen LogP contribution is -2.38. The van der Waals surface area contributed by atoms with Crippen LogP contribution in [0.3, 0.4) is 0 Å². The first-order chi connectivity index (χ1) is 10.2. The van der Waals surface area contributed by atoms with Crippen molar-refractivity contribution in [1.29, 1.82) is 0 Å². The summed E-state index contributed by atoms with van der Waals surface area (Å²) in [7, 11) is 0. The Bertz CT molecular complexity index is 519. The second-order valence-electron chi connectivity index (χ2n) is 6.45. The number of carboxylic acid groups (broad SMARTS) is 1. The zero-order valence-electron chi connectivity index (χ0n) is 12.4. The summed E-state index contributed by atoms with van der Waals surface area (Å²) in [5, 5.41) is 10.8. The lowest BCUT2D eigenvalue weighted by atomic mass is 9.77. The first kappa shape index (κ1) is 14.8. The van der Waals surface area contributed by atoms with Gasteiger partial charge in [0, 0.05) is 17.5 Å². The highest BCUT2D eigenvalue weighted by Gasteiger charge is 2.36. The van der Waals surface area contributed by atoms with Gasteiger partial charge in [0.15, 0.2) is 0 Å². The predicted molar refractivity (Wildman–Crippen MR) is 86.4 cm³/mol. The lowest BCUT2D eigenvalue weighted by molar-refractivity contribution is -0.131. The van der Waals surface area contributed by atoms with E-state index in [2.05, 4.69) is 10.3 Å². The fraction of sp³-hybridized carbons (Fsp3) is 0.588. The Balaban J connectivity index is 1.58. The first-order valence-corrected chi connectivity index (χ1v) is 8.75. The summed E-state index contributed by atoms with van der Waals surface area (Å²) in [6.45, 7) is 3.35. The van der Waals surface area contributed by atoms with E-state index in [1.54, 1.807) is 17.4 Å². The van der Waals surface area contributed by atoms with Crippen molar-refractivity contribution >= 4 is 23.4 Å². The SMILES string of the molecule is O=C(O)C=Cc1ccsc1CN1CCC2(CCCC2)CC1. The molecule has 0 atom stereocenters. The molecule has 1 aromatic rings. The van der Waals surface area contributed by atoms with Gasteiger partial charge in [0.1, 0.15) is 0 Å². The fourth-order valence-electron chi connectivity index (χ4n) is 3.80. The minimum absolute atomic E-state index is 0.665. The van der Waals surface area contributed by atoms with Crippen LogP contribution >= 0.6 is 11.3 Å². The van der Waals surface area contributed by atoms with Crippen LogP contribution in [-0.2, 0) is 11.3 Å². The van der Waals surface area contributed by atoms with Crippen LogP contribution in [0.2, 0.25) is 0 Å². The summed E-state index contributed by atoms with van der Waals surface area (Å²) < 4.78 is 0. The number of rotatable bonds is 4. The Hall–Kier alpha value is -1.13. The first-order valence-electron chi connectivity index (χ1n) is 7.87. The third-order valence-corrected chi connectivity index (χ3v) is 6.05. The van der Waals surface area contributed by atoms with Gasteiger partial charge in [0.2, 0.25) is 0 Å². The Morgan fingerprint density at radius 1 is 1.29 bits per heavy atom. The van der Waals surface area contributed by atoms with Gasteiger partial charge in [-0.25, -0.2) is 4.79 Å². The van der Waals surface area contributed by atoms with Gasteiger partial charge >= 0.3 is 5.97 Å². The monoisotopic (exact) mass is 305 g/mol. The van der Waals surface area contributed by atoms with Crippen LogP contribution < -0.4 is 0 Å². The Labute approximate surface area is 130 Å². The molecular weight excluding hydrogens is 282 g/mol. The summed E-state index contributed by atoms with van der Waals surface area (Å²) in [5.74, 6) is -0.881. The van der Waals surface area contributed by atoms with Crippen molar-refractivity contribution in [3.05, 3.63) is 28.0 Å². The molecule has 21 heavy (non-hydrogen) atoms. The van der Waals surface area contributed by atoms with E-state index in [9.17, 15) is 4.79 Å². The quantitative estimate of drug-likeness (QED) is 0.855. The zero-order chi connectivity index (χ0) is 14.7. The molecule has 0 bridgehead atoms. The molecular formula is C17H23NO2S. The molecule has 0 aromatic carbocycles. The van der Waals surface area contributed by atoms with Crippen LogP contribution in [0.15, 0.2) is 17.5 Å². The molecule has 4 heteroatoms. The molecule has 1 spiro atoms. The van der Waals surface area contributed by atoms with Crippen molar-refractivity contribution in [2.45, 2.75) is 45.1 Å². The summed E-state index contributed by atoms with van der Waals surface area (Å²) >= 11 is 1.73. The highest BCUT2D eigenvalue weighted by Crippen LogP contribution is 2.46. The summed E-state index contributed by atoms with van der Waals surface area (Å²) in [6.07, 6.45) is 11.4. The van der Waals surface area contributed by atoms with Gasteiger partial charge in [0.25, 0.3) is 0 Å². The maximum atomic E-state index is 10.6. The molecule has 2 aliphatic rings. The Kier molecular flexibility index (Phi) is 4.45. The summed E-state index contributed by atoms with van der Waals surface area (Å²) in [6, 6.07) is 2.02. The van der Waals surface area contributed by atoms with E-state index in [1.165, 1.54) is 62.6 Å². The number of hydrogen-bond acceptors (Lipinski definition) is 3. The van der Waals surface area contributed by atoms with Crippen LogP contribution in [0.1, 0.15) is 49.0 Å². The molecule has 0 unspecified atom stereocenters. The van der Waals surface area contributed by atoms with Crippen molar-refractivity contribution < 1.29 is 9.90 Å². The topological polar surface area (TPSA) is 40.5 Å². The molecule has 1 aromatic heterocycles. The number of likely N-dealkylation sites (tertiary alicyclic amines) is 1. The predicted octanol–water partition coefficient (Wildman–Crippen LogP) is 4.00. The van der Waals surface area contributed by atoms with E-state index in [0.717, 1.165) is 12.1 Å². The molecule has 2 heterocycles. The average molecular weight is 305 g/mol. The maximum Gasteiger partial charge on any atom is 0.328 e. The molecule has 1 saturated carbocycles. The number of carboxylic acids is 1. The van der Waals surface area contributed by atoms with E-state index in [0.29, 0.717) is 5.41 Å². The van der Waals surface area contributed by atoms with Crippen LogP contribution in [0.25, 0.3) is 6.08 Å². The van der Waals surface area contributed by atoms with Gasteiger partial charge in [-0.2, -0.15) is 0 Å². The molecule has 3 nitrogen and oxygen atoms in total. The molecule has 1 saturated heterocycles. The van der Waals surface area contributed by atoms with Gasteiger partial charge in [-0.05, 0) is 67.3 Å². The standard InChI is InChI=1S/C17H23NO2S/c19-16(20)4-3-14-5-12-21-15(14)13-18-10-8-17(9-11-18)6-1-2-7-17/h3-5,12H,1-2,6-11,13H2,(H,19,20). The molecule has 0 amide bonds. The van der Waals surface area contributed by atoms with E-state index < -0.39 is 5.97 Å². The summed E-state index contributed by atoms with van der Waals surface area (Å²) in [4.78, 5) is 14.5. The minimum Gasteiger partial charge on any atom is -0.478 e. The largest absolute Gasteiger partial charge is 0.478 e. The van der Waals surface area contributed by atoms with Crippen LogP contribution in [0, 0.1) is 5.41 Å². The molecule has 0 radical (unpaired) electrons. The number of carbonyl (C=O) groups is 1. The Morgan fingerprint density at radius 3 is 2.67 bits per heavy atom. The number of thiophene rings is 1. The third-order valence-electron chi connectivity index (χ3n) is 5.13. The van der Waals surface area contributed by atoms with Crippen molar-refractivity contribution in [2.24, 2.45) is 5.41 Å². The molecule has 3 rings (SSSR count). The minimum atomic E-state index is -0.881. The second-order valence-corrected chi connectivity index (χ2v) is 7.45. The van der Waals surface area contributed by atoms with E-state index in [4.69, 9.17) is 5.11 Å². The van der Waals surface area contributed by atoms with Crippen molar-refractivity contribution in [1.82, 2.24) is 4.90 Å². The van der Waals surface area contributed by atoms with E-state index in [1.807, 2.05) is 6.07 Å². The molecule has 1 aliphatic carbocycles. The maximum absolute atomic E-state index is 10.6. The Morgan fingerprint density at radius 2 is 2.00 bits per heavy atom. The lowest BCUT2D eigenvalue weighted by Gasteiger charge is -2.39. The number of aliphatic carboxylic acids is 1. The van der Waals surface area contributed by atoms with E-state index in [-0.39, 0.29) is 0 Å². The summed E-state index contributed by atoms with van der Waals surface area (Å²) in [5.41, 5.74) is 1.72. The molecule has 114 valence electrons. The number of hydrogen-bond donors (Lipinski definition) is 1. The molecule has 1 aliphatic heterocycles. The van der Waals surface area contributed by atoms with Crippen LogP contribution in [0.4, 0.5) is 0 Å². The van der Waals surface area contributed by atoms with E-state index >= 15 is 0 Å². The number of piperidine rings is 1. The van der Waals surface area contributed by atoms with Gasteiger partial charge in [-0.1, -0.05) is 12.8 Å². The molecule has 1 N–H and O–H groups in total. The van der Waals surface area contributed by atoms with Gasteiger partial charge in [0.05, 0.1) is 0 Å². The van der Waals surface area contributed by atoms with Crippen LogP contribution in [-0.4, -0.2) is 29.1 Å². The normalized spacial score (nSPS) is 22.3. The smallest absolute Gasteiger partial charge is 0.328 e. The van der Waals surface area contributed by atoms with Crippen LogP contribution in [0.5, 0.6) is 0 Å². The second kappa shape index (κ2) is 6.32. The van der Waals surface area contributed by atoms with Gasteiger partial charge in [-0.15, -0.1) is 11.3 Å². The highest BCUT2D eigenvalue weighted by molar-refractivity contribution is 7.10. The molecule has 2 fully saturated rings. The zero-order valence-corrected chi connectivity index (χ0v) is 13.2. The highest BCUT2D eigenvalue weighted by atomic mass is 32.1. The van der Waals surface area contributed by atoms with Gasteiger partial charge in [-0.3, -0.25) is 4.90 Å². The average Bonchev–Trinajstić information content (AvgIpc) is 3.09. The van der Waals surface area contributed by atoms with Crippen molar-refractivity contribution in [3.8, 4) is 0 Å². The van der Waals surface area contributed by atoms with Crippen molar-refractivity contribution in [3.63, 3.8) is 0 Å². The third kappa shape index (κ3) is 3.55. The van der Waals surface area contributed by atoms with Crippen molar-refractivity contribution in [2.75, 3.05) is 13.1 Å². The fourth-order valence-corrected chi connectivity index (χ4v) is 4.71. The van der Waals surface area contributed by atoms with Gasteiger partial charge < -0.3 is 5.11 Å². The number of nitrogens with zero attached hydrogens (tertiary/aromatic N) is 1.